The zero-order valence-electron chi connectivity index (χ0n) is 45.2. The lowest BCUT2D eigenvalue weighted by Gasteiger charge is -2.26. The van der Waals surface area contributed by atoms with E-state index in [1.165, 1.54) is 152 Å². The minimum absolute atomic E-state index is 0.118. The van der Waals surface area contributed by atoms with Gasteiger partial charge in [-0.3, -0.25) is 0 Å². The SMILES string of the molecule is CC.CCCCC/C=C\C/C=C\CCCCCCCC(C)O.CCCCC/C=C\C/C=C\CCCCCCCCC.CN(CCCCCCO)C(CO)Cc1c[nH]c2ccccc12.CSC. The average molecular weight is 942 g/mol. The van der Waals surface area contributed by atoms with Crippen LogP contribution in [0.4, 0.5) is 0 Å². The van der Waals surface area contributed by atoms with Gasteiger partial charge in [-0.05, 0) is 135 Å². The maximum absolute atomic E-state index is 9.72. The standard InChI is InChI=1S/C19H36O.C19H36.C18H28N2O2.C2H6S.C2H6/c1-3-4-5-6-7-8-9-10-11-12-13-14-15-16-17-18-19(2)20;1-3-5-7-9-11-13-15-17-19-18-16-14-12-10-8-6-4-2;1-20(10-6-2-3-7-11-21)16(14-22)12-15-13-19-18-9-5-4-8-17(15)18;1-3-2;1-2/h7-8,10-11,19-20H,3-6,9,12-18H2,1-2H3;11,13,17,19H,3-10,12,14-16,18H2,1-2H3;4-5,8-9,13,16,19,21-22H,2-3,6-7,10-12,14H2,1H3;1-2H3;1-2H3/b8-7-,11-10-;13-11-,19-17-;;;. The largest absolute Gasteiger partial charge is 0.396 e. The van der Waals surface area contributed by atoms with Gasteiger partial charge in [0.1, 0.15) is 0 Å². The van der Waals surface area contributed by atoms with Crippen molar-refractivity contribution in [3.63, 3.8) is 0 Å². The van der Waals surface area contributed by atoms with E-state index in [4.69, 9.17) is 10.2 Å². The summed E-state index contributed by atoms with van der Waals surface area (Å²) in [5.74, 6) is 0. The maximum Gasteiger partial charge on any atom is 0.0590 e. The molecule has 1 aromatic carbocycles. The second-order valence-electron chi connectivity index (χ2n) is 17.9. The fourth-order valence-corrected chi connectivity index (χ4v) is 7.41. The lowest BCUT2D eigenvalue weighted by Crippen LogP contribution is -2.37. The molecule has 5 nitrogen and oxygen atoms in total. The van der Waals surface area contributed by atoms with Crippen molar-refractivity contribution in [2.24, 2.45) is 0 Å². The summed E-state index contributed by atoms with van der Waals surface area (Å²) in [5, 5.41) is 28.9. The minimum Gasteiger partial charge on any atom is -0.396 e. The number of fused-ring (bicyclic) bond motifs is 1. The summed E-state index contributed by atoms with van der Waals surface area (Å²) in [6, 6.07) is 8.45. The fraction of sp³-hybridized carbons (Fsp3) is 0.733. The van der Waals surface area contributed by atoms with Crippen molar-refractivity contribution in [3.8, 4) is 0 Å². The number of allylic oxidation sites excluding steroid dienone is 8. The predicted molar refractivity (Wildman–Crippen MR) is 303 cm³/mol. The number of para-hydroxylation sites is 1. The first-order valence-electron chi connectivity index (χ1n) is 27.5. The third kappa shape index (κ3) is 49.8. The van der Waals surface area contributed by atoms with Crippen LogP contribution in [-0.2, 0) is 6.42 Å². The smallest absolute Gasteiger partial charge is 0.0590 e. The highest BCUT2D eigenvalue weighted by Gasteiger charge is 2.16. The fourth-order valence-electron chi connectivity index (χ4n) is 7.41. The van der Waals surface area contributed by atoms with Gasteiger partial charge in [-0.15, -0.1) is 0 Å². The van der Waals surface area contributed by atoms with E-state index in [0.717, 1.165) is 63.4 Å². The summed E-state index contributed by atoms with van der Waals surface area (Å²) < 4.78 is 0. The molecule has 2 rings (SSSR count). The highest BCUT2D eigenvalue weighted by molar-refractivity contribution is 7.97. The summed E-state index contributed by atoms with van der Waals surface area (Å²) in [6.07, 6.45) is 62.2. The Labute approximate surface area is 416 Å². The van der Waals surface area contributed by atoms with Crippen LogP contribution in [-0.4, -0.2) is 76.7 Å². The molecule has 1 heterocycles. The molecule has 66 heavy (non-hydrogen) atoms. The van der Waals surface area contributed by atoms with Gasteiger partial charge in [-0.25, -0.2) is 0 Å². The first-order valence-corrected chi connectivity index (χ1v) is 29.1. The molecule has 0 aliphatic heterocycles. The van der Waals surface area contributed by atoms with E-state index in [1.807, 2.05) is 39.3 Å². The first-order chi connectivity index (χ1) is 32.4. The lowest BCUT2D eigenvalue weighted by molar-refractivity contribution is 0.144. The highest BCUT2D eigenvalue weighted by Crippen LogP contribution is 2.20. The van der Waals surface area contributed by atoms with E-state index in [-0.39, 0.29) is 25.4 Å². The van der Waals surface area contributed by atoms with Crippen LogP contribution in [0.25, 0.3) is 10.9 Å². The molecule has 0 saturated heterocycles. The van der Waals surface area contributed by atoms with E-state index in [9.17, 15) is 5.11 Å². The number of nitrogens with zero attached hydrogens (tertiary/aromatic N) is 1. The van der Waals surface area contributed by atoms with Crippen LogP contribution in [0.2, 0.25) is 0 Å². The number of H-pyrrole nitrogens is 1. The molecule has 0 bridgehead atoms. The van der Waals surface area contributed by atoms with E-state index in [0.29, 0.717) is 0 Å². The number of aromatic amines is 1. The molecule has 0 radical (unpaired) electrons. The number of benzene rings is 1. The zero-order valence-corrected chi connectivity index (χ0v) is 46.0. The molecule has 386 valence electrons. The Hall–Kier alpha value is -2.09. The van der Waals surface area contributed by atoms with Crippen molar-refractivity contribution in [1.82, 2.24) is 9.88 Å². The molecule has 4 N–H and O–H groups in total. The summed E-state index contributed by atoms with van der Waals surface area (Å²) in [7, 11) is 2.09. The number of aromatic nitrogens is 1. The number of hydrogen-bond acceptors (Lipinski definition) is 5. The summed E-state index contributed by atoms with van der Waals surface area (Å²) in [5.41, 5.74) is 2.42. The molecule has 2 aromatic rings. The Morgan fingerprint density at radius 1 is 0.576 bits per heavy atom. The number of thioether (sulfide) groups is 1. The van der Waals surface area contributed by atoms with Crippen LogP contribution in [0, 0.1) is 0 Å². The normalized spacial score (nSPS) is 12.3. The van der Waals surface area contributed by atoms with E-state index in [1.54, 1.807) is 11.8 Å². The van der Waals surface area contributed by atoms with Gasteiger partial charge in [0, 0.05) is 29.7 Å². The molecule has 0 amide bonds. The molecule has 0 aliphatic carbocycles. The molecule has 0 aliphatic rings. The molecule has 1 aromatic heterocycles. The predicted octanol–water partition coefficient (Wildman–Crippen LogP) is 18.0. The maximum atomic E-state index is 9.72. The second kappa shape index (κ2) is 59.0. The molecule has 6 heteroatoms. The van der Waals surface area contributed by atoms with Crippen LogP contribution in [0.5, 0.6) is 0 Å². The van der Waals surface area contributed by atoms with E-state index in [2.05, 4.69) is 111 Å². The Kier molecular flexibility index (Phi) is 61.0. The Bertz CT molecular complexity index is 1300. The average Bonchev–Trinajstić information content (AvgIpc) is 3.74. The van der Waals surface area contributed by atoms with Crippen LogP contribution >= 0.6 is 11.8 Å². The molecule has 0 fully saturated rings. The summed E-state index contributed by atoms with van der Waals surface area (Å²) in [4.78, 5) is 5.55. The van der Waals surface area contributed by atoms with E-state index < -0.39 is 0 Å². The molecular formula is C60H112N2O3S. The van der Waals surface area contributed by atoms with Crippen LogP contribution in [0.3, 0.4) is 0 Å². The van der Waals surface area contributed by atoms with Gasteiger partial charge in [0.2, 0.25) is 0 Å². The van der Waals surface area contributed by atoms with Gasteiger partial charge >= 0.3 is 0 Å². The van der Waals surface area contributed by atoms with Gasteiger partial charge in [0.05, 0.1) is 12.7 Å². The van der Waals surface area contributed by atoms with Crippen molar-refractivity contribution in [1.29, 1.82) is 0 Å². The molecule has 0 spiro atoms. The van der Waals surface area contributed by atoms with Crippen molar-refractivity contribution in [2.45, 2.75) is 246 Å². The molecule has 0 saturated carbocycles. The lowest BCUT2D eigenvalue weighted by atomic mass is 10.0. The number of unbranched alkanes of at least 4 members (excludes halogenated alkanes) is 21. The highest BCUT2D eigenvalue weighted by atomic mass is 32.2. The van der Waals surface area contributed by atoms with Crippen molar-refractivity contribution in [3.05, 3.63) is 84.6 Å². The van der Waals surface area contributed by atoms with Crippen LogP contribution < -0.4 is 0 Å². The van der Waals surface area contributed by atoms with Crippen molar-refractivity contribution < 1.29 is 15.3 Å². The summed E-state index contributed by atoms with van der Waals surface area (Å²) in [6.45, 7) is 14.1. The topological polar surface area (TPSA) is 79.7 Å². The molecule has 2 atom stereocenters. The zero-order chi connectivity index (χ0) is 49.4. The minimum atomic E-state index is -0.118. The number of rotatable bonds is 38. The van der Waals surface area contributed by atoms with Gasteiger partial charge in [0.15, 0.2) is 0 Å². The quantitative estimate of drug-likeness (QED) is 0.0398. The number of hydrogen-bond donors (Lipinski definition) is 4. The van der Waals surface area contributed by atoms with Crippen molar-refractivity contribution in [2.75, 3.05) is 39.3 Å². The van der Waals surface area contributed by atoms with Gasteiger partial charge in [-0.2, -0.15) is 11.8 Å². The van der Waals surface area contributed by atoms with Gasteiger partial charge < -0.3 is 25.2 Å². The van der Waals surface area contributed by atoms with Gasteiger partial charge in [-0.1, -0.05) is 204 Å². The van der Waals surface area contributed by atoms with Crippen LogP contribution in [0.15, 0.2) is 79.1 Å². The number of aliphatic hydroxyl groups is 3. The monoisotopic (exact) mass is 941 g/mol. The van der Waals surface area contributed by atoms with Crippen molar-refractivity contribution >= 4 is 22.7 Å². The van der Waals surface area contributed by atoms with Gasteiger partial charge in [0.25, 0.3) is 0 Å². The number of aliphatic hydroxyl groups excluding tert-OH is 3. The molecular weight excluding hydrogens is 829 g/mol. The number of nitrogens with one attached hydrogen (secondary N) is 1. The first kappa shape index (κ1) is 68.2. The third-order valence-corrected chi connectivity index (χ3v) is 11.5. The number of likely N-dealkylation sites (N-methyl/N-ethyl adjacent to an activating group) is 1. The molecule has 2 unspecified atom stereocenters. The van der Waals surface area contributed by atoms with E-state index >= 15 is 0 Å². The Morgan fingerprint density at radius 3 is 1.45 bits per heavy atom. The summed E-state index contributed by atoms with van der Waals surface area (Å²) >= 11 is 1.75. The Morgan fingerprint density at radius 2 is 0.985 bits per heavy atom. The Balaban J connectivity index is -0.000000861. The second-order valence-corrected chi connectivity index (χ2v) is 18.7. The van der Waals surface area contributed by atoms with Crippen LogP contribution in [0.1, 0.15) is 233 Å². The third-order valence-electron chi connectivity index (χ3n) is 11.5.